The van der Waals surface area contributed by atoms with Crippen LogP contribution < -0.4 is 5.32 Å². The second-order valence-electron chi connectivity index (χ2n) is 5.54. The highest BCUT2D eigenvalue weighted by atomic mass is 35.5. The topological polar surface area (TPSA) is 55.6 Å². The number of nitrogens with one attached hydrogen (secondary N) is 1. The molecule has 5 nitrogen and oxygen atoms in total. The Morgan fingerprint density at radius 2 is 2.12 bits per heavy atom. The van der Waals surface area contributed by atoms with Crippen LogP contribution in [-0.2, 0) is 9.53 Å². The molecular weight excluding hydrogens is 361 g/mol. The molecule has 0 spiro atoms. The first-order valence-electron chi connectivity index (χ1n) is 7.83. The number of halogens is 2. The third-order valence-electron chi connectivity index (χ3n) is 3.64. The van der Waals surface area contributed by atoms with E-state index in [1.165, 1.54) is 0 Å². The number of carbonyl (C=O) groups is 1. The number of aryl methyl sites for hydroxylation is 1. The molecule has 0 saturated heterocycles. The van der Waals surface area contributed by atoms with Crippen molar-refractivity contribution in [2.45, 2.75) is 13.8 Å². The van der Waals surface area contributed by atoms with Gasteiger partial charge in [0.1, 0.15) is 18.1 Å². The van der Waals surface area contributed by atoms with Gasteiger partial charge in [0, 0.05) is 11.8 Å². The van der Waals surface area contributed by atoms with Gasteiger partial charge in [0.2, 0.25) is 0 Å². The minimum absolute atomic E-state index is 0.0184. The molecule has 0 unspecified atom stereocenters. The molecular formula is C18H17Cl2N3O2. The highest BCUT2D eigenvalue weighted by molar-refractivity contribution is 6.36. The predicted molar refractivity (Wildman–Crippen MR) is 101 cm³/mol. The molecule has 0 aliphatic carbocycles. The van der Waals surface area contributed by atoms with Gasteiger partial charge in [-0.25, -0.2) is 4.98 Å². The second-order valence-corrected chi connectivity index (χ2v) is 6.38. The van der Waals surface area contributed by atoms with Crippen molar-refractivity contribution in [3.05, 3.63) is 52.1 Å². The summed E-state index contributed by atoms with van der Waals surface area (Å²) in [5.74, 6) is 0.291. The van der Waals surface area contributed by atoms with Gasteiger partial charge in [-0.1, -0.05) is 47.0 Å². The molecule has 1 N–H and O–H groups in total. The number of esters is 1. The van der Waals surface area contributed by atoms with E-state index in [1.54, 1.807) is 23.6 Å². The van der Waals surface area contributed by atoms with E-state index >= 15 is 0 Å². The van der Waals surface area contributed by atoms with Crippen LogP contribution in [0.3, 0.4) is 0 Å². The number of pyridine rings is 1. The van der Waals surface area contributed by atoms with E-state index in [2.05, 4.69) is 10.3 Å². The Labute approximate surface area is 155 Å². The maximum Gasteiger partial charge on any atom is 0.325 e. The van der Waals surface area contributed by atoms with Crippen molar-refractivity contribution in [1.82, 2.24) is 9.38 Å². The molecule has 130 valence electrons. The summed E-state index contributed by atoms with van der Waals surface area (Å²) in [5.41, 5.74) is 3.28. The predicted octanol–water partition coefficient (Wildman–Crippen LogP) is 4.59. The van der Waals surface area contributed by atoms with Crippen LogP contribution in [0.4, 0.5) is 5.82 Å². The number of benzene rings is 1. The number of imidazole rings is 1. The van der Waals surface area contributed by atoms with Gasteiger partial charge in [0.25, 0.3) is 0 Å². The third-order valence-corrected chi connectivity index (χ3v) is 4.12. The number of nitrogens with zero attached hydrogens (tertiary/aromatic N) is 2. The van der Waals surface area contributed by atoms with E-state index in [4.69, 9.17) is 27.9 Å². The summed E-state index contributed by atoms with van der Waals surface area (Å²) in [7, 11) is 0. The van der Waals surface area contributed by atoms with Crippen LogP contribution in [0.2, 0.25) is 10.0 Å². The normalized spacial score (nSPS) is 10.9. The summed E-state index contributed by atoms with van der Waals surface area (Å²) >= 11 is 12.4. The Morgan fingerprint density at radius 1 is 1.32 bits per heavy atom. The number of rotatable bonds is 5. The summed E-state index contributed by atoms with van der Waals surface area (Å²) in [4.78, 5) is 16.4. The van der Waals surface area contributed by atoms with Crippen molar-refractivity contribution in [3.63, 3.8) is 0 Å². The molecule has 0 aliphatic rings. The van der Waals surface area contributed by atoms with Crippen LogP contribution in [0.15, 0.2) is 36.5 Å². The lowest BCUT2D eigenvalue weighted by Crippen LogP contribution is -2.17. The maximum absolute atomic E-state index is 11.7. The lowest BCUT2D eigenvalue weighted by molar-refractivity contribution is -0.140. The van der Waals surface area contributed by atoms with Gasteiger partial charge in [-0.05, 0) is 26.0 Å². The maximum atomic E-state index is 11.7. The standard InChI is InChI=1S/C18H17Cl2N3O2/c1-3-25-15(24)9-21-18-16(12-6-4-5-11(2)7-12)22-17-14(20)8-13(19)10-23(17)18/h4-8,10,21H,3,9H2,1-2H3. The number of ether oxygens (including phenoxy) is 1. The fourth-order valence-electron chi connectivity index (χ4n) is 2.60. The number of aromatic nitrogens is 2. The molecule has 2 heterocycles. The van der Waals surface area contributed by atoms with E-state index in [9.17, 15) is 4.79 Å². The third kappa shape index (κ3) is 3.72. The molecule has 25 heavy (non-hydrogen) atoms. The van der Waals surface area contributed by atoms with E-state index in [-0.39, 0.29) is 12.5 Å². The number of hydrogen-bond donors (Lipinski definition) is 1. The molecule has 3 aromatic rings. The van der Waals surface area contributed by atoms with Crippen molar-refractivity contribution in [2.24, 2.45) is 0 Å². The minimum Gasteiger partial charge on any atom is -0.465 e. The van der Waals surface area contributed by atoms with Gasteiger partial charge >= 0.3 is 5.97 Å². The molecule has 7 heteroatoms. The van der Waals surface area contributed by atoms with Crippen molar-refractivity contribution >= 4 is 40.6 Å². The van der Waals surface area contributed by atoms with E-state index < -0.39 is 0 Å². The zero-order valence-corrected chi connectivity index (χ0v) is 15.4. The molecule has 1 aromatic carbocycles. The van der Waals surface area contributed by atoms with E-state index in [1.807, 2.05) is 31.2 Å². The Balaban J connectivity index is 2.12. The highest BCUT2D eigenvalue weighted by Gasteiger charge is 2.17. The van der Waals surface area contributed by atoms with Crippen LogP contribution in [0.25, 0.3) is 16.9 Å². The Morgan fingerprint density at radius 3 is 2.84 bits per heavy atom. The lowest BCUT2D eigenvalue weighted by atomic mass is 10.1. The summed E-state index contributed by atoms with van der Waals surface area (Å²) in [6.45, 7) is 4.12. The minimum atomic E-state index is -0.347. The summed E-state index contributed by atoms with van der Waals surface area (Å²) in [6, 6.07) is 9.58. The van der Waals surface area contributed by atoms with Crippen molar-refractivity contribution in [3.8, 4) is 11.3 Å². The first-order valence-corrected chi connectivity index (χ1v) is 8.59. The fourth-order valence-corrected chi connectivity index (χ4v) is 3.12. The van der Waals surface area contributed by atoms with Gasteiger partial charge in [-0.3, -0.25) is 9.20 Å². The molecule has 0 amide bonds. The molecule has 0 bridgehead atoms. The summed E-state index contributed by atoms with van der Waals surface area (Å²) in [5, 5.41) is 4.01. The average Bonchev–Trinajstić information content (AvgIpc) is 2.92. The van der Waals surface area contributed by atoms with Crippen LogP contribution >= 0.6 is 23.2 Å². The van der Waals surface area contributed by atoms with E-state index in [0.717, 1.165) is 11.1 Å². The van der Waals surface area contributed by atoms with Gasteiger partial charge in [-0.15, -0.1) is 0 Å². The molecule has 3 rings (SSSR count). The lowest BCUT2D eigenvalue weighted by Gasteiger charge is -2.09. The summed E-state index contributed by atoms with van der Waals surface area (Å²) < 4.78 is 6.73. The zero-order valence-electron chi connectivity index (χ0n) is 13.8. The highest BCUT2D eigenvalue weighted by Crippen LogP contribution is 2.33. The van der Waals surface area contributed by atoms with Crippen LogP contribution in [0, 0.1) is 6.92 Å². The first kappa shape index (κ1) is 17.6. The van der Waals surface area contributed by atoms with Crippen LogP contribution in [-0.4, -0.2) is 28.5 Å². The van der Waals surface area contributed by atoms with Gasteiger partial charge < -0.3 is 10.1 Å². The molecule has 0 saturated carbocycles. The fraction of sp³-hybridized carbons (Fsp3) is 0.222. The van der Waals surface area contributed by atoms with Gasteiger partial charge in [0.05, 0.1) is 16.7 Å². The average molecular weight is 378 g/mol. The number of hydrogen-bond acceptors (Lipinski definition) is 4. The SMILES string of the molecule is CCOC(=O)CNc1c(-c2cccc(C)c2)nc2c(Cl)cc(Cl)cn12. The molecule has 0 aliphatic heterocycles. The monoisotopic (exact) mass is 377 g/mol. The Bertz CT molecular complexity index is 937. The van der Waals surface area contributed by atoms with Gasteiger partial charge in [-0.2, -0.15) is 0 Å². The van der Waals surface area contributed by atoms with Crippen molar-refractivity contribution < 1.29 is 9.53 Å². The van der Waals surface area contributed by atoms with Crippen molar-refractivity contribution in [2.75, 3.05) is 18.5 Å². The van der Waals surface area contributed by atoms with Crippen molar-refractivity contribution in [1.29, 1.82) is 0 Å². The van der Waals surface area contributed by atoms with Crippen LogP contribution in [0.5, 0.6) is 0 Å². The molecule has 0 atom stereocenters. The Hall–Kier alpha value is -2.24. The Kier molecular flexibility index (Phi) is 5.16. The molecule has 0 radical (unpaired) electrons. The zero-order chi connectivity index (χ0) is 18.0. The molecule has 0 fully saturated rings. The second kappa shape index (κ2) is 7.33. The smallest absolute Gasteiger partial charge is 0.325 e. The largest absolute Gasteiger partial charge is 0.465 e. The van der Waals surface area contributed by atoms with E-state index in [0.29, 0.717) is 33.8 Å². The molecule has 2 aromatic heterocycles. The van der Waals surface area contributed by atoms with Gasteiger partial charge in [0.15, 0.2) is 5.65 Å². The first-order chi connectivity index (χ1) is 12.0. The number of fused-ring (bicyclic) bond motifs is 1. The van der Waals surface area contributed by atoms with Crippen LogP contribution in [0.1, 0.15) is 12.5 Å². The number of anilines is 1. The number of carbonyl (C=O) groups excluding carboxylic acids is 1. The summed E-state index contributed by atoms with van der Waals surface area (Å²) in [6.07, 6.45) is 1.71. The quantitative estimate of drug-likeness (QED) is 0.660.